The third kappa shape index (κ3) is 2.90. The lowest BCUT2D eigenvalue weighted by atomic mass is 10.2. The molecule has 4 nitrogen and oxygen atoms in total. The number of aromatic nitrogens is 2. The molecule has 6 heteroatoms. The van der Waals surface area contributed by atoms with Crippen LogP contribution in [0.15, 0.2) is 18.2 Å². The minimum Gasteiger partial charge on any atom is -0.486 e. The SMILES string of the molecule is CCn1nc(C)c(Cl)c1COc1ccc(C#N)cc1Cl. The molecule has 0 aliphatic heterocycles. The number of nitrogens with zero attached hydrogens (tertiary/aromatic N) is 3. The fraction of sp³-hybridized carbons (Fsp3) is 0.286. The van der Waals surface area contributed by atoms with E-state index in [0.29, 0.717) is 27.9 Å². The number of hydrogen-bond donors (Lipinski definition) is 0. The van der Waals surface area contributed by atoms with Gasteiger partial charge in [-0.3, -0.25) is 4.68 Å². The summed E-state index contributed by atoms with van der Waals surface area (Å²) in [6.07, 6.45) is 0. The van der Waals surface area contributed by atoms with Crippen LogP contribution in [0.5, 0.6) is 5.75 Å². The van der Waals surface area contributed by atoms with Crippen LogP contribution in [-0.4, -0.2) is 9.78 Å². The van der Waals surface area contributed by atoms with Crippen LogP contribution in [0.4, 0.5) is 0 Å². The van der Waals surface area contributed by atoms with Gasteiger partial charge in [0.1, 0.15) is 12.4 Å². The average molecular weight is 310 g/mol. The van der Waals surface area contributed by atoms with Gasteiger partial charge in [0.2, 0.25) is 0 Å². The van der Waals surface area contributed by atoms with Crippen molar-refractivity contribution in [2.45, 2.75) is 27.0 Å². The van der Waals surface area contributed by atoms with Crippen molar-refractivity contribution in [2.24, 2.45) is 0 Å². The summed E-state index contributed by atoms with van der Waals surface area (Å²) in [5, 5.41) is 14.1. The van der Waals surface area contributed by atoms with E-state index < -0.39 is 0 Å². The molecule has 0 amide bonds. The number of benzene rings is 1. The van der Waals surface area contributed by atoms with Crippen LogP contribution in [-0.2, 0) is 13.2 Å². The molecule has 0 N–H and O–H groups in total. The van der Waals surface area contributed by atoms with E-state index >= 15 is 0 Å². The summed E-state index contributed by atoms with van der Waals surface area (Å²) in [5.74, 6) is 0.517. The zero-order valence-electron chi connectivity index (χ0n) is 11.2. The monoisotopic (exact) mass is 309 g/mol. The summed E-state index contributed by atoms with van der Waals surface area (Å²) in [5.41, 5.74) is 2.08. The highest BCUT2D eigenvalue weighted by molar-refractivity contribution is 6.32. The minimum absolute atomic E-state index is 0.277. The van der Waals surface area contributed by atoms with Crippen molar-refractivity contribution in [1.82, 2.24) is 9.78 Å². The highest BCUT2D eigenvalue weighted by atomic mass is 35.5. The molecule has 0 radical (unpaired) electrons. The fourth-order valence-electron chi connectivity index (χ4n) is 1.84. The van der Waals surface area contributed by atoms with Gasteiger partial charge in [0.05, 0.1) is 33.1 Å². The molecule has 0 atom stereocenters. The zero-order chi connectivity index (χ0) is 14.7. The summed E-state index contributed by atoms with van der Waals surface area (Å²) >= 11 is 12.3. The van der Waals surface area contributed by atoms with Crippen molar-refractivity contribution in [1.29, 1.82) is 5.26 Å². The highest BCUT2D eigenvalue weighted by Crippen LogP contribution is 2.27. The lowest BCUT2D eigenvalue weighted by Gasteiger charge is -2.09. The van der Waals surface area contributed by atoms with Gasteiger partial charge in [-0.2, -0.15) is 10.4 Å². The molecule has 0 aliphatic carbocycles. The Labute approximate surface area is 127 Å². The molecule has 2 rings (SSSR count). The van der Waals surface area contributed by atoms with Gasteiger partial charge in [-0.1, -0.05) is 23.2 Å². The van der Waals surface area contributed by atoms with E-state index in [4.69, 9.17) is 33.2 Å². The normalized spacial score (nSPS) is 10.3. The van der Waals surface area contributed by atoms with E-state index in [1.807, 2.05) is 19.9 Å². The number of aryl methyl sites for hydroxylation is 2. The molecule has 0 unspecified atom stereocenters. The largest absolute Gasteiger partial charge is 0.486 e. The van der Waals surface area contributed by atoms with E-state index in [1.165, 1.54) is 0 Å². The second-order valence-electron chi connectivity index (χ2n) is 4.21. The lowest BCUT2D eigenvalue weighted by molar-refractivity contribution is 0.292. The first-order valence-electron chi connectivity index (χ1n) is 6.11. The van der Waals surface area contributed by atoms with Crippen LogP contribution < -0.4 is 4.74 Å². The minimum atomic E-state index is 0.277. The van der Waals surface area contributed by atoms with Crippen molar-refractivity contribution < 1.29 is 4.74 Å². The molecule has 1 aromatic carbocycles. The quantitative estimate of drug-likeness (QED) is 0.858. The molecule has 0 aliphatic rings. The van der Waals surface area contributed by atoms with E-state index in [2.05, 4.69) is 5.10 Å². The van der Waals surface area contributed by atoms with Crippen LogP contribution in [0.25, 0.3) is 0 Å². The lowest BCUT2D eigenvalue weighted by Crippen LogP contribution is -2.06. The maximum atomic E-state index is 8.79. The maximum absolute atomic E-state index is 8.79. The van der Waals surface area contributed by atoms with Gasteiger partial charge in [0, 0.05) is 6.54 Å². The van der Waals surface area contributed by atoms with E-state index in [1.54, 1.807) is 22.9 Å². The molecule has 104 valence electrons. The molecule has 0 spiro atoms. The first-order valence-corrected chi connectivity index (χ1v) is 6.86. The fourth-order valence-corrected chi connectivity index (χ4v) is 2.27. The van der Waals surface area contributed by atoms with Gasteiger partial charge in [-0.05, 0) is 32.0 Å². The Balaban J connectivity index is 2.19. The molecule has 2 aromatic rings. The van der Waals surface area contributed by atoms with E-state index in [-0.39, 0.29) is 6.61 Å². The second-order valence-corrected chi connectivity index (χ2v) is 4.99. The smallest absolute Gasteiger partial charge is 0.138 e. The van der Waals surface area contributed by atoms with Gasteiger partial charge in [0.15, 0.2) is 0 Å². The Morgan fingerprint density at radius 1 is 1.40 bits per heavy atom. The summed E-state index contributed by atoms with van der Waals surface area (Å²) < 4.78 is 7.47. The molecule has 1 heterocycles. The molecule has 0 saturated heterocycles. The molecule has 1 aromatic heterocycles. The second kappa shape index (κ2) is 6.17. The number of ether oxygens (including phenoxy) is 1. The van der Waals surface area contributed by atoms with Gasteiger partial charge in [-0.15, -0.1) is 0 Å². The number of hydrogen-bond acceptors (Lipinski definition) is 3. The molecule has 20 heavy (non-hydrogen) atoms. The summed E-state index contributed by atoms with van der Waals surface area (Å²) in [4.78, 5) is 0. The van der Waals surface area contributed by atoms with Gasteiger partial charge >= 0.3 is 0 Å². The maximum Gasteiger partial charge on any atom is 0.138 e. The van der Waals surface area contributed by atoms with Gasteiger partial charge < -0.3 is 4.74 Å². The van der Waals surface area contributed by atoms with E-state index in [9.17, 15) is 0 Å². The molecular weight excluding hydrogens is 297 g/mol. The third-order valence-corrected chi connectivity index (χ3v) is 3.67. The standard InChI is InChI=1S/C14H13Cl2N3O/c1-3-19-12(14(16)9(2)18-19)8-20-13-5-4-10(7-17)6-11(13)15/h4-6H,3,8H2,1-2H3. The van der Waals surface area contributed by atoms with Crippen molar-refractivity contribution in [3.8, 4) is 11.8 Å². The Morgan fingerprint density at radius 2 is 2.15 bits per heavy atom. The summed E-state index contributed by atoms with van der Waals surface area (Å²) in [6, 6.07) is 6.93. The average Bonchev–Trinajstić information content (AvgIpc) is 2.73. The number of rotatable bonds is 4. The van der Waals surface area contributed by atoms with Crippen LogP contribution in [0.2, 0.25) is 10.0 Å². The third-order valence-electron chi connectivity index (χ3n) is 2.88. The topological polar surface area (TPSA) is 50.8 Å². The Morgan fingerprint density at radius 3 is 2.75 bits per heavy atom. The summed E-state index contributed by atoms with van der Waals surface area (Å²) in [7, 11) is 0. The molecule has 0 fully saturated rings. The zero-order valence-corrected chi connectivity index (χ0v) is 12.7. The van der Waals surface area contributed by atoms with Crippen molar-refractivity contribution in [2.75, 3.05) is 0 Å². The van der Waals surface area contributed by atoms with Crippen LogP contribution >= 0.6 is 23.2 Å². The Kier molecular flexibility index (Phi) is 4.53. The predicted octanol–water partition coefficient (Wildman–Crippen LogP) is 3.97. The van der Waals surface area contributed by atoms with Crippen LogP contribution in [0.1, 0.15) is 23.9 Å². The molecule has 0 saturated carbocycles. The van der Waals surface area contributed by atoms with Crippen molar-refractivity contribution in [3.05, 3.63) is 45.2 Å². The number of halogens is 2. The van der Waals surface area contributed by atoms with Crippen LogP contribution in [0.3, 0.4) is 0 Å². The van der Waals surface area contributed by atoms with Crippen molar-refractivity contribution in [3.63, 3.8) is 0 Å². The number of nitriles is 1. The highest BCUT2D eigenvalue weighted by Gasteiger charge is 2.13. The van der Waals surface area contributed by atoms with Crippen molar-refractivity contribution >= 4 is 23.2 Å². The summed E-state index contributed by atoms with van der Waals surface area (Å²) in [6.45, 7) is 4.83. The first kappa shape index (κ1) is 14.7. The Hall–Kier alpha value is -1.70. The first-order chi connectivity index (χ1) is 9.56. The van der Waals surface area contributed by atoms with Crippen LogP contribution in [0, 0.1) is 18.3 Å². The Bertz CT molecular complexity index is 674. The molecular formula is C14H13Cl2N3O. The molecule has 0 bridgehead atoms. The predicted molar refractivity (Wildman–Crippen MR) is 78.1 cm³/mol. The van der Waals surface area contributed by atoms with Gasteiger partial charge in [0.25, 0.3) is 0 Å². The van der Waals surface area contributed by atoms with Gasteiger partial charge in [-0.25, -0.2) is 0 Å². The van der Waals surface area contributed by atoms with E-state index in [0.717, 1.165) is 11.4 Å².